The predicted octanol–water partition coefficient (Wildman–Crippen LogP) is 1.99. The third kappa shape index (κ3) is 1.82. The zero-order chi connectivity index (χ0) is 10.1. The lowest BCUT2D eigenvalue weighted by Crippen LogP contribution is -2.27. The van der Waals surface area contributed by atoms with Gasteiger partial charge in [0.15, 0.2) is 0 Å². The number of halogens is 1. The van der Waals surface area contributed by atoms with Crippen LogP contribution in [0, 0.1) is 6.92 Å². The zero-order valence-electron chi connectivity index (χ0n) is 8.44. The van der Waals surface area contributed by atoms with Crippen LogP contribution in [0.3, 0.4) is 0 Å². The molecule has 1 aliphatic rings. The highest BCUT2D eigenvalue weighted by Crippen LogP contribution is 2.26. The van der Waals surface area contributed by atoms with E-state index in [-0.39, 0.29) is 5.38 Å². The molecule has 1 aliphatic heterocycles. The highest BCUT2D eigenvalue weighted by atomic mass is 35.5. The third-order valence-electron chi connectivity index (χ3n) is 2.58. The van der Waals surface area contributed by atoms with E-state index in [2.05, 4.69) is 21.8 Å². The summed E-state index contributed by atoms with van der Waals surface area (Å²) in [5.74, 6) is 1.81. The Balaban J connectivity index is 2.23. The summed E-state index contributed by atoms with van der Waals surface area (Å²) in [5, 5.41) is 0.250. The van der Waals surface area contributed by atoms with Crippen LogP contribution in [-0.2, 0) is 0 Å². The Hall–Kier alpha value is -0.830. The average molecular weight is 212 g/mol. The molecule has 1 fully saturated rings. The Kier molecular flexibility index (Phi) is 2.59. The Labute approximate surface area is 89.1 Å². The van der Waals surface area contributed by atoms with Gasteiger partial charge in [0, 0.05) is 18.8 Å². The zero-order valence-corrected chi connectivity index (χ0v) is 9.20. The van der Waals surface area contributed by atoms with Crippen molar-refractivity contribution in [3.8, 4) is 0 Å². The minimum atomic E-state index is 0.250. The second-order valence-corrected chi connectivity index (χ2v) is 4.41. The number of nitrogens with zero attached hydrogens (tertiary/aromatic N) is 3. The molecule has 0 saturated carbocycles. The molecule has 0 bridgehead atoms. The quantitative estimate of drug-likeness (QED) is 0.666. The topological polar surface area (TPSA) is 29.0 Å². The highest BCUT2D eigenvalue weighted by molar-refractivity contribution is 6.21. The molecule has 2 rings (SSSR count). The maximum absolute atomic E-state index is 6.11. The summed E-state index contributed by atoms with van der Waals surface area (Å²) in [5.41, 5.74) is 0. The summed E-state index contributed by atoms with van der Waals surface area (Å²) >= 11 is 6.11. The maximum Gasteiger partial charge on any atom is 0.132 e. The fourth-order valence-electron chi connectivity index (χ4n) is 1.89. The van der Waals surface area contributed by atoms with Crippen molar-refractivity contribution >= 4 is 17.4 Å². The van der Waals surface area contributed by atoms with Gasteiger partial charge >= 0.3 is 0 Å². The molecule has 4 heteroatoms. The molecular formula is C10H14ClN3. The van der Waals surface area contributed by atoms with Crippen LogP contribution < -0.4 is 4.90 Å². The second-order valence-electron chi connectivity index (χ2n) is 3.80. The number of hydrogen-bond donors (Lipinski definition) is 0. The van der Waals surface area contributed by atoms with Gasteiger partial charge in [-0.1, -0.05) is 0 Å². The first-order chi connectivity index (χ1) is 6.66. The lowest BCUT2D eigenvalue weighted by molar-refractivity contribution is 0.725. The third-order valence-corrected chi connectivity index (χ3v) is 2.90. The van der Waals surface area contributed by atoms with Crippen molar-refractivity contribution in [2.24, 2.45) is 0 Å². The Morgan fingerprint density at radius 2 is 2.36 bits per heavy atom. The highest BCUT2D eigenvalue weighted by Gasteiger charge is 2.28. The average Bonchev–Trinajstić information content (AvgIpc) is 2.45. The summed E-state index contributed by atoms with van der Waals surface area (Å²) in [6.07, 6.45) is 2.83. The first-order valence-electron chi connectivity index (χ1n) is 4.87. The molecule has 0 radical (unpaired) electrons. The van der Waals surface area contributed by atoms with Crippen LogP contribution in [0.25, 0.3) is 0 Å². The standard InChI is InChI=1S/C10H14ClN3/c1-7-5-9(11)6-14(7)10-3-4-12-8(2)13-10/h3-4,7,9H,5-6H2,1-2H3. The van der Waals surface area contributed by atoms with Gasteiger partial charge in [0.25, 0.3) is 0 Å². The Morgan fingerprint density at radius 1 is 1.57 bits per heavy atom. The van der Waals surface area contributed by atoms with E-state index in [1.54, 1.807) is 6.20 Å². The monoisotopic (exact) mass is 211 g/mol. The van der Waals surface area contributed by atoms with Crippen LogP contribution in [0.5, 0.6) is 0 Å². The van der Waals surface area contributed by atoms with Gasteiger partial charge in [-0.2, -0.15) is 0 Å². The molecule has 0 spiro atoms. The number of alkyl halides is 1. The molecule has 14 heavy (non-hydrogen) atoms. The molecule has 0 aromatic carbocycles. The van der Waals surface area contributed by atoms with E-state index in [1.165, 1.54) is 0 Å². The number of hydrogen-bond acceptors (Lipinski definition) is 3. The van der Waals surface area contributed by atoms with Gasteiger partial charge in [-0.25, -0.2) is 9.97 Å². The molecule has 1 saturated heterocycles. The number of rotatable bonds is 1. The summed E-state index contributed by atoms with van der Waals surface area (Å²) in [7, 11) is 0. The van der Waals surface area contributed by atoms with Crippen molar-refractivity contribution in [2.45, 2.75) is 31.7 Å². The van der Waals surface area contributed by atoms with E-state index in [0.29, 0.717) is 6.04 Å². The molecule has 76 valence electrons. The first-order valence-corrected chi connectivity index (χ1v) is 5.31. The number of aryl methyl sites for hydroxylation is 1. The molecule has 1 aromatic heterocycles. The summed E-state index contributed by atoms with van der Waals surface area (Å²) in [6.45, 7) is 4.97. The maximum atomic E-state index is 6.11. The van der Waals surface area contributed by atoms with Crippen molar-refractivity contribution in [3.63, 3.8) is 0 Å². The molecule has 0 aliphatic carbocycles. The minimum Gasteiger partial charge on any atom is -0.352 e. The van der Waals surface area contributed by atoms with Crippen molar-refractivity contribution < 1.29 is 0 Å². The molecule has 2 unspecified atom stereocenters. The Morgan fingerprint density at radius 3 is 2.93 bits per heavy atom. The summed E-state index contributed by atoms with van der Waals surface area (Å²) in [6, 6.07) is 2.42. The van der Waals surface area contributed by atoms with Crippen molar-refractivity contribution in [1.29, 1.82) is 0 Å². The number of aromatic nitrogens is 2. The molecule has 2 heterocycles. The van der Waals surface area contributed by atoms with E-state index >= 15 is 0 Å². The molecule has 1 aromatic rings. The SMILES string of the molecule is Cc1nccc(N2CC(Cl)CC2C)n1. The van der Waals surface area contributed by atoms with E-state index in [9.17, 15) is 0 Å². The summed E-state index contributed by atoms with van der Waals surface area (Å²) < 4.78 is 0. The first kappa shape index (κ1) is 9.71. The van der Waals surface area contributed by atoms with Crippen molar-refractivity contribution in [3.05, 3.63) is 18.1 Å². The Bertz CT molecular complexity index is 329. The van der Waals surface area contributed by atoms with Gasteiger partial charge in [0.05, 0.1) is 5.38 Å². The van der Waals surface area contributed by atoms with Crippen LogP contribution in [0.15, 0.2) is 12.3 Å². The predicted molar refractivity (Wildman–Crippen MR) is 57.8 cm³/mol. The van der Waals surface area contributed by atoms with Gasteiger partial charge in [0.2, 0.25) is 0 Å². The number of anilines is 1. The lowest BCUT2D eigenvalue weighted by atomic mass is 10.2. The second kappa shape index (κ2) is 3.73. The molecule has 3 nitrogen and oxygen atoms in total. The molecular weight excluding hydrogens is 198 g/mol. The fraction of sp³-hybridized carbons (Fsp3) is 0.600. The van der Waals surface area contributed by atoms with Gasteiger partial charge in [0.1, 0.15) is 11.6 Å². The normalized spacial score (nSPS) is 26.9. The van der Waals surface area contributed by atoms with Crippen LogP contribution in [0.2, 0.25) is 0 Å². The van der Waals surface area contributed by atoms with Crippen LogP contribution in [0.1, 0.15) is 19.2 Å². The van der Waals surface area contributed by atoms with E-state index in [1.807, 2.05) is 13.0 Å². The van der Waals surface area contributed by atoms with Gasteiger partial charge < -0.3 is 4.90 Å². The van der Waals surface area contributed by atoms with Crippen LogP contribution >= 0.6 is 11.6 Å². The largest absolute Gasteiger partial charge is 0.352 e. The van der Waals surface area contributed by atoms with E-state index in [0.717, 1.165) is 24.6 Å². The smallest absolute Gasteiger partial charge is 0.132 e. The van der Waals surface area contributed by atoms with Crippen molar-refractivity contribution in [1.82, 2.24) is 9.97 Å². The van der Waals surface area contributed by atoms with Gasteiger partial charge in [-0.15, -0.1) is 11.6 Å². The fourth-order valence-corrected chi connectivity index (χ4v) is 2.29. The van der Waals surface area contributed by atoms with Crippen LogP contribution in [-0.4, -0.2) is 27.9 Å². The van der Waals surface area contributed by atoms with E-state index in [4.69, 9.17) is 11.6 Å². The van der Waals surface area contributed by atoms with Crippen LogP contribution in [0.4, 0.5) is 5.82 Å². The lowest BCUT2D eigenvalue weighted by Gasteiger charge is -2.22. The van der Waals surface area contributed by atoms with Gasteiger partial charge in [-0.3, -0.25) is 0 Å². The molecule has 0 amide bonds. The van der Waals surface area contributed by atoms with E-state index < -0.39 is 0 Å². The van der Waals surface area contributed by atoms with Gasteiger partial charge in [-0.05, 0) is 26.3 Å². The summed E-state index contributed by atoms with van der Waals surface area (Å²) in [4.78, 5) is 10.7. The molecule has 0 N–H and O–H groups in total. The minimum absolute atomic E-state index is 0.250. The molecule has 2 atom stereocenters. The van der Waals surface area contributed by atoms with Crippen molar-refractivity contribution in [2.75, 3.05) is 11.4 Å².